The standard InChI is InChI=1S/C23H27N3O/c1-16(2)17(3)11-19-12-20(26-7-9-27-10-8-26)13-23(25-19)21-6-4-5-18-14-24-15-22(18)21/h4-6,12-13,15,17H,1,7-11,14H2,2-3H3. The maximum atomic E-state index is 5.54. The highest BCUT2D eigenvalue weighted by atomic mass is 16.5. The second-order valence-electron chi connectivity index (χ2n) is 7.60. The van der Waals surface area contributed by atoms with Gasteiger partial charge in [0.25, 0.3) is 0 Å². The van der Waals surface area contributed by atoms with Crippen LogP contribution in [0, 0.1) is 5.92 Å². The molecular formula is C23H27N3O. The number of nitrogens with zero attached hydrogens (tertiary/aromatic N) is 3. The lowest BCUT2D eigenvalue weighted by atomic mass is 9.96. The maximum absolute atomic E-state index is 5.54. The van der Waals surface area contributed by atoms with Crippen molar-refractivity contribution in [2.24, 2.45) is 10.9 Å². The van der Waals surface area contributed by atoms with E-state index in [1.807, 2.05) is 6.21 Å². The van der Waals surface area contributed by atoms with Gasteiger partial charge in [-0.25, -0.2) is 0 Å². The van der Waals surface area contributed by atoms with E-state index in [4.69, 9.17) is 9.72 Å². The van der Waals surface area contributed by atoms with E-state index in [0.717, 1.165) is 50.7 Å². The molecule has 140 valence electrons. The molecule has 1 atom stereocenters. The monoisotopic (exact) mass is 361 g/mol. The van der Waals surface area contributed by atoms with Crippen LogP contribution in [0.3, 0.4) is 0 Å². The number of hydrogen-bond donors (Lipinski definition) is 0. The first-order chi connectivity index (χ1) is 13.1. The van der Waals surface area contributed by atoms with Crippen LogP contribution in [0.4, 0.5) is 5.69 Å². The predicted octanol–water partition coefficient (Wildman–Crippen LogP) is 4.27. The first-order valence-corrected chi connectivity index (χ1v) is 9.73. The van der Waals surface area contributed by atoms with E-state index < -0.39 is 0 Å². The van der Waals surface area contributed by atoms with E-state index in [1.54, 1.807) is 0 Å². The maximum Gasteiger partial charge on any atom is 0.0732 e. The van der Waals surface area contributed by atoms with Crippen molar-refractivity contribution < 1.29 is 4.74 Å². The second kappa shape index (κ2) is 7.65. The summed E-state index contributed by atoms with van der Waals surface area (Å²) in [7, 11) is 0. The number of anilines is 1. The Morgan fingerprint density at radius 3 is 2.85 bits per heavy atom. The van der Waals surface area contributed by atoms with E-state index >= 15 is 0 Å². The molecular weight excluding hydrogens is 334 g/mol. The molecule has 0 saturated carbocycles. The highest BCUT2D eigenvalue weighted by Gasteiger charge is 2.18. The minimum atomic E-state index is 0.411. The van der Waals surface area contributed by atoms with Gasteiger partial charge in [-0.3, -0.25) is 9.98 Å². The molecule has 0 amide bonds. The highest BCUT2D eigenvalue weighted by Crippen LogP contribution is 2.31. The molecule has 2 aromatic rings. The molecule has 2 aliphatic rings. The molecule has 4 heteroatoms. The number of allylic oxidation sites excluding steroid dienone is 1. The summed E-state index contributed by atoms with van der Waals surface area (Å²) in [5.41, 5.74) is 8.26. The quantitative estimate of drug-likeness (QED) is 0.746. The van der Waals surface area contributed by atoms with Crippen LogP contribution in [0.15, 0.2) is 47.5 Å². The summed E-state index contributed by atoms with van der Waals surface area (Å²) in [6, 6.07) is 10.9. The van der Waals surface area contributed by atoms with E-state index in [0.29, 0.717) is 5.92 Å². The minimum absolute atomic E-state index is 0.411. The van der Waals surface area contributed by atoms with Gasteiger partial charge >= 0.3 is 0 Å². The summed E-state index contributed by atoms with van der Waals surface area (Å²) < 4.78 is 5.54. The van der Waals surface area contributed by atoms with Crippen LogP contribution >= 0.6 is 0 Å². The minimum Gasteiger partial charge on any atom is -0.378 e. The highest BCUT2D eigenvalue weighted by molar-refractivity contribution is 5.93. The van der Waals surface area contributed by atoms with Crippen LogP contribution < -0.4 is 4.90 Å². The molecule has 4 nitrogen and oxygen atoms in total. The average molecular weight is 361 g/mol. The molecule has 0 spiro atoms. The van der Waals surface area contributed by atoms with Crippen LogP contribution in [0.25, 0.3) is 11.3 Å². The molecule has 2 aliphatic heterocycles. The fourth-order valence-electron chi connectivity index (χ4n) is 3.67. The van der Waals surface area contributed by atoms with Gasteiger partial charge in [0.2, 0.25) is 0 Å². The number of hydrogen-bond acceptors (Lipinski definition) is 4. The Balaban J connectivity index is 1.77. The number of pyridine rings is 1. The SMILES string of the molecule is C=C(C)C(C)Cc1cc(N2CCOCC2)cc(-c2cccc3c2C=NC3)n1. The number of ether oxygens (including phenoxy) is 1. The molecule has 0 bridgehead atoms. The zero-order valence-corrected chi connectivity index (χ0v) is 16.2. The number of aromatic nitrogens is 1. The Bertz CT molecular complexity index is 881. The first-order valence-electron chi connectivity index (χ1n) is 9.73. The van der Waals surface area contributed by atoms with Gasteiger partial charge in [-0.2, -0.15) is 0 Å². The summed E-state index contributed by atoms with van der Waals surface area (Å²) in [4.78, 5) is 11.9. The molecule has 1 fully saturated rings. The average Bonchev–Trinajstić information content (AvgIpc) is 3.17. The van der Waals surface area contributed by atoms with E-state index in [1.165, 1.54) is 28.0 Å². The largest absolute Gasteiger partial charge is 0.378 e. The lowest BCUT2D eigenvalue weighted by Gasteiger charge is -2.29. The van der Waals surface area contributed by atoms with E-state index in [2.05, 4.69) is 60.7 Å². The van der Waals surface area contributed by atoms with Crippen LogP contribution in [-0.4, -0.2) is 37.5 Å². The van der Waals surface area contributed by atoms with Crippen molar-refractivity contribution in [2.45, 2.75) is 26.8 Å². The van der Waals surface area contributed by atoms with Crippen molar-refractivity contribution in [2.75, 3.05) is 31.2 Å². The first kappa shape index (κ1) is 17.9. The normalized spacial score (nSPS) is 17.0. The van der Waals surface area contributed by atoms with Crippen LogP contribution in [0.2, 0.25) is 0 Å². The molecule has 0 radical (unpaired) electrons. The third-order valence-corrected chi connectivity index (χ3v) is 5.55. The van der Waals surface area contributed by atoms with Crippen LogP contribution in [-0.2, 0) is 17.7 Å². The molecule has 4 rings (SSSR count). The van der Waals surface area contributed by atoms with Crippen molar-refractivity contribution in [3.8, 4) is 11.3 Å². The molecule has 27 heavy (non-hydrogen) atoms. The van der Waals surface area contributed by atoms with Gasteiger partial charge in [0.1, 0.15) is 0 Å². The van der Waals surface area contributed by atoms with Gasteiger partial charge in [0.05, 0.1) is 25.5 Å². The van der Waals surface area contributed by atoms with Crippen molar-refractivity contribution in [3.63, 3.8) is 0 Å². The van der Waals surface area contributed by atoms with Crippen molar-refractivity contribution in [3.05, 3.63) is 59.3 Å². The zero-order valence-electron chi connectivity index (χ0n) is 16.2. The molecule has 1 aromatic heterocycles. The molecule has 3 heterocycles. The number of aliphatic imine (C=N–C) groups is 1. The Morgan fingerprint density at radius 1 is 1.26 bits per heavy atom. The smallest absolute Gasteiger partial charge is 0.0732 e. The van der Waals surface area contributed by atoms with Crippen molar-refractivity contribution in [1.29, 1.82) is 0 Å². The summed E-state index contributed by atoms with van der Waals surface area (Å²) in [6.45, 7) is 12.6. The lowest BCUT2D eigenvalue weighted by Crippen LogP contribution is -2.36. The fourth-order valence-corrected chi connectivity index (χ4v) is 3.67. The predicted molar refractivity (Wildman–Crippen MR) is 112 cm³/mol. The summed E-state index contributed by atoms with van der Waals surface area (Å²) >= 11 is 0. The third kappa shape index (κ3) is 3.81. The van der Waals surface area contributed by atoms with Gasteiger partial charge in [0, 0.05) is 41.8 Å². The van der Waals surface area contributed by atoms with E-state index in [9.17, 15) is 0 Å². The Morgan fingerprint density at radius 2 is 2.07 bits per heavy atom. The molecule has 1 saturated heterocycles. The van der Waals surface area contributed by atoms with Gasteiger partial charge in [-0.1, -0.05) is 37.3 Å². The summed E-state index contributed by atoms with van der Waals surface area (Å²) in [6.07, 6.45) is 2.90. The van der Waals surface area contributed by atoms with Crippen molar-refractivity contribution >= 4 is 11.9 Å². The Kier molecular flexibility index (Phi) is 5.08. The molecule has 1 aromatic carbocycles. The number of rotatable bonds is 5. The van der Waals surface area contributed by atoms with Gasteiger partial charge in [-0.05, 0) is 37.0 Å². The molecule has 0 N–H and O–H groups in total. The van der Waals surface area contributed by atoms with E-state index in [-0.39, 0.29) is 0 Å². The van der Waals surface area contributed by atoms with Gasteiger partial charge in [0.15, 0.2) is 0 Å². The number of morpholine rings is 1. The Hall–Kier alpha value is -2.46. The molecule has 0 aliphatic carbocycles. The second-order valence-corrected chi connectivity index (χ2v) is 7.60. The Labute approximate surface area is 161 Å². The fraction of sp³-hybridized carbons (Fsp3) is 0.391. The molecule has 1 unspecified atom stereocenters. The number of benzene rings is 1. The number of fused-ring (bicyclic) bond motifs is 1. The van der Waals surface area contributed by atoms with Crippen molar-refractivity contribution in [1.82, 2.24) is 4.98 Å². The van der Waals surface area contributed by atoms with Gasteiger partial charge < -0.3 is 9.64 Å². The van der Waals surface area contributed by atoms with Crippen LogP contribution in [0.5, 0.6) is 0 Å². The summed E-state index contributed by atoms with van der Waals surface area (Å²) in [5.74, 6) is 0.411. The summed E-state index contributed by atoms with van der Waals surface area (Å²) in [5, 5.41) is 0. The topological polar surface area (TPSA) is 37.7 Å². The lowest BCUT2D eigenvalue weighted by molar-refractivity contribution is 0.122. The zero-order chi connectivity index (χ0) is 18.8. The third-order valence-electron chi connectivity index (χ3n) is 5.55. The van der Waals surface area contributed by atoms with Crippen LogP contribution in [0.1, 0.15) is 30.7 Å². The van der Waals surface area contributed by atoms with Gasteiger partial charge in [-0.15, -0.1) is 0 Å².